The van der Waals surface area contributed by atoms with Crippen molar-refractivity contribution in [2.24, 2.45) is 5.16 Å². The molecule has 1 aromatic carbocycles. The number of carboxylic acid groups (broad SMARTS) is 1. The van der Waals surface area contributed by atoms with Gasteiger partial charge in [0, 0.05) is 11.4 Å². The normalized spacial score (nSPS) is 11.2. The molecule has 0 aromatic heterocycles. The van der Waals surface area contributed by atoms with Crippen molar-refractivity contribution in [3.05, 3.63) is 35.4 Å². The smallest absolute Gasteiger partial charge is 0.358 e. The summed E-state index contributed by atoms with van der Waals surface area (Å²) < 4.78 is 0. The van der Waals surface area contributed by atoms with Crippen LogP contribution in [0.1, 0.15) is 18.1 Å². The summed E-state index contributed by atoms with van der Waals surface area (Å²) in [5.74, 6) is -0.903. The van der Waals surface area contributed by atoms with Gasteiger partial charge in [0.15, 0.2) is 5.71 Å². The zero-order chi connectivity index (χ0) is 12.0. The Labute approximate surface area is 98.5 Å². The number of carboxylic acids is 1. The van der Waals surface area contributed by atoms with Crippen LogP contribution in [0.3, 0.4) is 0 Å². The lowest BCUT2D eigenvalue weighted by molar-refractivity contribution is -0.129. The monoisotopic (exact) mass is 241 g/mol. The third kappa shape index (κ3) is 2.97. The Hall–Kier alpha value is -1.55. The Bertz CT molecular complexity index is 404. The third-order valence-corrected chi connectivity index (χ3v) is 2.19. The predicted molar refractivity (Wildman–Crippen MR) is 61.8 cm³/mol. The summed E-state index contributed by atoms with van der Waals surface area (Å²) in [4.78, 5) is 15.8. The van der Waals surface area contributed by atoms with E-state index in [1.807, 2.05) is 0 Å². The molecule has 0 amide bonds. The highest BCUT2D eigenvalue weighted by atomic mass is 35.5. The Morgan fingerprint density at radius 3 is 2.75 bits per heavy atom. The van der Waals surface area contributed by atoms with E-state index in [-0.39, 0.29) is 11.6 Å². The minimum absolute atomic E-state index is 0.127. The fraction of sp³-hybridized carbons (Fsp3) is 0.273. The molecule has 0 spiro atoms. The van der Waals surface area contributed by atoms with Gasteiger partial charge in [0.1, 0.15) is 6.61 Å². The molecule has 86 valence electrons. The number of benzene rings is 1. The van der Waals surface area contributed by atoms with Crippen molar-refractivity contribution in [2.75, 3.05) is 6.61 Å². The SMILES string of the molecule is CCON=C(C(=O)O)c1ccccc1CCl. The van der Waals surface area contributed by atoms with E-state index in [0.29, 0.717) is 17.7 Å². The van der Waals surface area contributed by atoms with Gasteiger partial charge < -0.3 is 9.94 Å². The van der Waals surface area contributed by atoms with Crippen LogP contribution in [0.25, 0.3) is 0 Å². The standard InChI is InChI=1S/C11H12ClNO3/c1-2-16-13-10(11(14)15)9-6-4-3-5-8(9)7-12/h3-6H,2,7H2,1H3,(H,14,15). The minimum Gasteiger partial charge on any atom is -0.476 e. The molecule has 0 bridgehead atoms. The first-order valence-corrected chi connectivity index (χ1v) is 5.31. The van der Waals surface area contributed by atoms with Crippen LogP contribution in [0.15, 0.2) is 29.4 Å². The number of hydrogen-bond donors (Lipinski definition) is 1. The van der Waals surface area contributed by atoms with Gasteiger partial charge in [-0.05, 0) is 12.5 Å². The van der Waals surface area contributed by atoms with Crippen LogP contribution in [0.2, 0.25) is 0 Å². The van der Waals surface area contributed by atoms with Gasteiger partial charge in [-0.15, -0.1) is 11.6 Å². The lowest BCUT2D eigenvalue weighted by atomic mass is 10.0. The summed E-state index contributed by atoms with van der Waals surface area (Å²) in [6, 6.07) is 6.94. The van der Waals surface area contributed by atoms with Crippen molar-refractivity contribution < 1.29 is 14.7 Å². The number of halogens is 1. The van der Waals surface area contributed by atoms with Crippen LogP contribution < -0.4 is 0 Å². The van der Waals surface area contributed by atoms with Gasteiger partial charge in [-0.1, -0.05) is 29.4 Å². The zero-order valence-corrected chi connectivity index (χ0v) is 9.57. The van der Waals surface area contributed by atoms with Crippen LogP contribution >= 0.6 is 11.6 Å². The van der Waals surface area contributed by atoms with Crippen LogP contribution in [0, 0.1) is 0 Å². The van der Waals surface area contributed by atoms with Gasteiger partial charge in [-0.25, -0.2) is 4.79 Å². The van der Waals surface area contributed by atoms with Crippen LogP contribution in [-0.2, 0) is 15.5 Å². The molecule has 0 aliphatic heterocycles. The quantitative estimate of drug-likeness (QED) is 0.489. The highest BCUT2D eigenvalue weighted by Gasteiger charge is 2.16. The van der Waals surface area contributed by atoms with E-state index in [1.54, 1.807) is 31.2 Å². The maximum absolute atomic E-state index is 11.0. The molecule has 0 aliphatic carbocycles. The summed E-state index contributed by atoms with van der Waals surface area (Å²) in [6.45, 7) is 2.05. The van der Waals surface area contributed by atoms with Gasteiger partial charge in [0.25, 0.3) is 0 Å². The van der Waals surface area contributed by atoms with E-state index in [0.717, 1.165) is 0 Å². The van der Waals surface area contributed by atoms with E-state index >= 15 is 0 Å². The van der Waals surface area contributed by atoms with Crippen LogP contribution in [0.5, 0.6) is 0 Å². The Balaban J connectivity index is 3.15. The molecule has 0 heterocycles. The largest absolute Gasteiger partial charge is 0.476 e. The molecular weight excluding hydrogens is 230 g/mol. The number of alkyl halides is 1. The molecule has 4 nitrogen and oxygen atoms in total. The predicted octanol–water partition coefficient (Wildman–Crippen LogP) is 2.25. The average Bonchev–Trinajstić information content (AvgIpc) is 2.29. The molecule has 1 rings (SSSR count). The molecule has 0 aliphatic rings. The van der Waals surface area contributed by atoms with Gasteiger partial charge in [0.05, 0.1) is 0 Å². The number of rotatable bonds is 5. The lowest BCUT2D eigenvalue weighted by Crippen LogP contribution is -2.16. The van der Waals surface area contributed by atoms with E-state index < -0.39 is 5.97 Å². The minimum atomic E-state index is -1.13. The molecule has 1 aromatic rings. The number of aliphatic carboxylic acids is 1. The lowest BCUT2D eigenvalue weighted by Gasteiger charge is -2.06. The van der Waals surface area contributed by atoms with Crippen LogP contribution in [0.4, 0.5) is 0 Å². The number of oxime groups is 1. The molecule has 16 heavy (non-hydrogen) atoms. The maximum Gasteiger partial charge on any atom is 0.358 e. The van der Waals surface area contributed by atoms with E-state index in [9.17, 15) is 4.79 Å². The van der Waals surface area contributed by atoms with Crippen molar-refractivity contribution in [1.29, 1.82) is 0 Å². The Morgan fingerprint density at radius 2 is 2.19 bits per heavy atom. The van der Waals surface area contributed by atoms with Crippen molar-refractivity contribution in [1.82, 2.24) is 0 Å². The summed E-state index contributed by atoms with van der Waals surface area (Å²) in [7, 11) is 0. The van der Waals surface area contributed by atoms with Gasteiger partial charge in [-0.3, -0.25) is 0 Å². The van der Waals surface area contributed by atoms with E-state index in [4.69, 9.17) is 21.5 Å². The van der Waals surface area contributed by atoms with Crippen molar-refractivity contribution in [3.8, 4) is 0 Å². The first-order chi connectivity index (χ1) is 7.70. The van der Waals surface area contributed by atoms with E-state index in [2.05, 4.69) is 5.16 Å². The third-order valence-electron chi connectivity index (χ3n) is 1.90. The van der Waals surface area contributed by atoms with Gasteiger partial charge >= 0.3 is 5.97 Å². The summed E-state index contributed by atoms with van der Waals surface area (Å²) in [5, 5.41) is 12.6. The van der Waals surface area contributed by atoms with Crippen molar-refractivity contribution >= 4 is 23.3 Å². The van der Waals surface area contributed by atoms with E-state index in [1.165, 1.54) is 0 Å². The molecule has 0 atom stereocenters. The number of nitrogens with zero attached hydrogens (tertiary/aromatic N) is 1. The molecule has 0 saturated heterocycles. The first kappa shape index (κ1) is 12.5. The molecule has 5 heteroatoms. The average molecular weight is 242 g/mol. The second-order valence-electron chi connectivity index (χ2n) is 2.95. The topological polar surface area (TPSA) is 58.9 Å². The van der Waals surface area contributed by atoms with Gasteiger partial charge in [0.2, 0.25) is 0 Å². The van der Waals surface area contributed by atoms with Crippen molar-refractivity contribution in [3.63, 3.8) is 0 Å². The number of carbonyl (C=O) groups is 1. The summed E-state index contributed by atoms with van der Waals surface area (Å²) >= 11 is 5.73. The summed E-state index contributed by atoms with van der Waals surface area (Å²) in [5.41, 5.74) is 1.07. The molecule has 0 fully saturated rings. The Morgan fingerprint density at radius 1 is 1.50 bits per heavy atom. The van der Waals surface area contributed by atoms with Gasteiger partial charge in [-0.2, -0.15) is 0 Å². The first-order valence-electron chi connectivity index (χ1n) is 4.78. The number of hydrogen-bond acceptors (Lipinski definition) is 3. The molecule has 0 unspecified atom stereocenters. The summed E-state index contributed by atoms with van der Waals surface area (Å²) in [6.07, 6.45) is 0. The highest BCUT2D eigenvalue weighted by molar-refractivity contribution is 6.43. The second kappa shape index (κ2) is 6.12. The highest BCUT2D eigenvalue weighted by Crippen LogP contribution is 2.13. The molecule has 1 N–H and O–H groups in total. The Kier molecular flexibility index (Phi) is 4.79. The van der Waals surface area contributed by atoms with Crippen LogP contribution in [-0.4, -0.2) is 23.4 Å². The van der Waals surface area contributed by atoms with Crippen molar-refractivity contribution in [2.45, 2.75) is 12.8 Å². The maximum atomic E-state index is 11.0. The second-order valence-corrected chi connectivity index (χ2v) is 3.22. The fourth-order valence-electron chi connectivity index (χ4n) is 1.20. The molecule has 0 saturated carbocycles. The molecule has 0 radical (unpaired) electrons. The fourth-order valence-corrected chi connectivity index (χ4v) is 1.43. The molecular formula is C11H12ClNO3. The zero-order valence-electron chi connectivity index (χ0n) is 8.81.